The Morgan fingerprint density at radius 1 is 1.22 bits per heavy atom. The summed E-state index contributed by atoms with van der Waals surface area (Å²) in [6.07, 6.45) is 0. The average molecular weight is 309 g/mol. The van der Waals surface area contributed by atoms with Crippen LogP contribution in [-0.2, 0) is 0 Å². The van der Waals surface area contributed by atoms with E-state index >= 15 is 0 Å². The summed E-state index contributed by atoms with van der Waals surface area (Å²) < 4.78 is 6.05. The van der Waals surface area contributed by atoms with Gasteiger partial charge in [0.2, 0.25) is 0 Å². The second kappa shape index (κ2) is 5.70. The molecule has 0 saturated carbocycles. The van der Waals surface area contributed by atoms with Crippen molar-refractivity contribution in [3.05, 3.63) is 40.9 Å². The van der Waals surface area contributed by atoms with E-state index in [0.29, 0.717) is 11.6 Å². The van der Waals surface area contributed by atoms with Crippen LogP contribution in [0.15, 0.2) is 40.9 Å². The molecule has 2 aromatic rings. The van der Waals surface area contributed by atoms with Crippen LogP contribution in [0.25, 0.3) is 0 Å². The van der Waals surface area contributed by atoms with Gasteiger partial charge in [-0.3, -0.25) is 0 Å². The van der Waals surface area contributed by atoms with Crippen molar-refractivity contribution < 1.29 is 4.74 Å². The normalized spacial score (nSPS) is 9.94. The Labute approximate surface area is 113 Å². The summed E-state index contributed by atoms with van der Waals surface area (Å²) in [7, 11) is 1.63. The molecule has 0 amide bonds. The molecule has 5 nitrogen and oxygen atoms in total. The quantitative estimate of drug-likeness (QED) is 0.598. The summed E-state index contributed by atoms with van der Waals surface area (Å²) in [6, 6.07) is 11.2. The first kappa shape index (κ1) is 12.7. The third-order valence-electron chi connectivity index (χ3n) is 2.32. The number of rotatable bonds is 4. The Kier molecular flexibility index (Phi) is 4.01. The molecule has 0 spiro atoms. The maximum absolute atomic E-state index is 5.31. The lowest BCUT2D eigenvalue weighted by Crippen LogP contribution is -2.08. The molecule has 0 radical (unpaired) electrons. The molecule has 2 rings (SSSR count). The van der Waals surface area contributed by atoms with Crippen LogP contribution in [0.1, 0.15) is 0 Å². The molecule has 1 aromatic heterocycles. The number of nitrogens with zero attached hydrogens (tertiary/aromatic N) is 1. The molecule has 4 N–H and O–H groups in total. The first-order valence-corrected chi connectivity index (χ1v) is 6.06. The molecule has 1 aromatic carbocycles. The Morgan fingerprint density at radius 3 is 2.67 bits per heavy atom. The summed E-state index contributed by atoms with van der Waals surface area (Å²) >= 11 is 3.43. The third kappa shape index (κ3) is 2.91. The van der Waals surface area contributed by atoms with E-state index in [4.69, 9.17) is 10.6 Å². The highest BCUT2D eigenvalue weighted by Gasteiger charge is 2.02. The van der Waals surface area contributed by atoms with Gasteiger partial charge in [-0.1, -0.05) is 6.07 Å². The fraction of sp³-hybridized carbons (Fsp3) is 0.0833. The molecular formula is C12H13BrN4O. The van der Waals surface area contributed by atoms with E-state index in [1.807, 2.05) is 30.3 Å². The van der Waals surface area contributed by atoms with Gasteiger partial charge in [0.1, 0.15) is 17.4 Å². The van der Waals surface area contributed by atoms with Gasteiger partial charge in [-0.05, 0) is 46.3 Å². The second-order valence-corrected chi connectivity index (χ2v) is 4.38. The first-order valence-electron chi connectivity index (χ1n) is 5.27. The number of hydrazine groups is 1. The maximum atomic E-state index is 5.31. The lowest BCUT2D eigenvalue weighted by atomic mass is 10.3. The second-order valence-electron chi connectivity index (χ2n) is 3.53. The van der Waals surface area contributed by atoms with Crippen LogP contribution in [0, 0.1) is 0 Å². The van der Waals surface area contributed by atoms with E-state index in [-0.39, 0.29) is 0 Å². The van der Waals surface area contributed by atoms with Crippen molar-refractivity contribution in [1.82, 2.24) is 4.98 Å². The van der Waals surface area contributed by atoms with Crippen LogP contribution in [0.3, 0.4) is 0 Å². The fourth-order valence-electron chi connectivity index (χ4n) is 1.48. The van der Waals surface area contributed by atoms with Crippen LogP contribution in [0.2, 0.25) is 0 Å². The van der Waals surface area contributed by atoms with Crippen molar-refractivity contribution in [1.29, 1.82) is 0 Å². The number of benzene rings is 1. The molecule has 0 fully saturated rings. The Hall–Kier alpha value is -1.79. The first-order chi connectivity index (χ1) is 8.72. The molecular weight excluding hydrogens is 296 g/mol. The highest BCUT2D eigenvalue weighted by molar-refractivity contribution is 9.10. The predicted octanol–water partition coefficient (Wildman–Crippen LogP) is 2.88. The zero-order valence-corrected chi connectivity index (χ0v) is 11.4. The number of nitrogen functional groups attached to an aromatic ring is 1. The number of nitrogens with two attached hydrogens (primary N) is 1. The highest BCUT2D eigenvalue weighted by atomic mass is 79.9. The Bertz CT molecular complexity index is 547. The van der Waals surface area contributed by atoms with Crippen molar-refractivity contribution in [2.45, 2.75) is 0 Å². The lowest BCUT2D eigenvalue weighted by Gasteiger charge is -2.09. The number of aromatic nitrogens is 1. The van der Waals surface area contributed by atoms with Gasteiger partial charge in [0, 0.05) is 5.69 Å². The summed E-state index contributed by atoms with van der Waals surface area (Å²) in [5.41, 5.74) is 3.41. The number of hydrogen-bond donors (Lipinski definition) is 3. The van der Waals surface area contributed by atoms with Crippen LogP contribution < -0.4 is 21.3 Å². The smallest absolute Gasteiger partial charge is 0.142 e. The van der Waals surface area contributed by atoms with Crippen molar-refractivity contribution in [2.75, 3.05) is 17.9 Å². The topological polar surface area (TPSA) is 72.2 Å². The molecule has 0 aliphatic rings. The highest BCUT2D eigenvalue weighted by Crippen LogP contribution is 2.28. The summed E-state index contributed by atoms with van der Waals surface area (Å²) in [6.45, 7) is 0. The van der Waals surface area contributed by atoms with Gasteiger partial charge >= 0.3 is 0 Å². The molecule has 94 valence electrons. The zero-order valence-electron chi connectivity index (χ0n) is 9.77. The van der Waals surface area contributed by atoms with Gasteiger partial charge in [0.05, 0.1) is 11.6 Å². The van der Waals surface area contributed by atoms with E-state index in [2.05, 4.69) is 31.7 Å². The van der Waals surface area contributed by atoms with Crippen molar-refractivity contribution in [3.8, 4) is 5.75 Å². The molecule has 0 atom stereocenters. The molecule has 1 heterocycles. The summed E-state index contributed by atoms with van der Waals surface area (Å²) in [5.74, 6) is 7.41. The van der Waals surface area contributed by atoms with Gasteiger partial charge in [0.15, 0.2) is 0 Å². The lowest BCUT2D eigenvalue weighted by molar-refractivity contribution is 0.412. The van der Waals surface area contributed by atoms with Gasteiger partial charge in [-0.25, -0.2) is 10.8 Å². The SMILES string of the molecule is COc1ccc(Nc2cccc(NN)n2)cc1Br. The van der Waals surface area contributed by atoms with Gasteiger partial charge < -0.3 is 15.5 Å². The van der Waals surface area contributed by atoms with E-state index in [9.17, 15) is 0 Å². The monoisotopic (exact) mass is 308 g/mol. The van der Waals surface area contributed by atoms with E-state index in [0.717, 1.165) is 15.9 Å². The van der Waals surface area contributed by atoms with E-state index < -0.39 is 0 Å². The minimum absolute atomic E-state index is 0.604. The van der Waals surface area contributed by atoms with E-state index in [1.54, 1.807) is 13.2 Å². The number of nitrogens with one attached hydrogen (secondary N) is 2. The minimum Gasteiger partial charge on any atom is -0.496 e. The van der Waals surface area contributed by atoms with Gasteiger partial charge in [0.25, 0.3) is 0 Å². The minimum atomic E-state index is 0.604. The maximum Gasteiger partial charge on any atom is 0.142 e. The van der Waals surface area contributed by atoms with Crippen molar-refractivity contribution in [2.24, 2.45) is 5.84 Å². The molecule has 0 aliphatic heterocycles. The number of ether oxygens (including phenoxy) is 1. The Morgan fingerprint density at radius 2 is 2.00 bits per heavy atom. The number of hydrogen-bond acceptors (Lipinski definition) is 5. The predicted molar refractivity (Wildman–Crippen MR) is 76.0 cm³/mol. The molecule has 0 bridgehead atoms. The zero-order chi connectivity index (χ0) is 13.0. The fourth-order valence-corrected chi connectivity index (χ4v) is 2.02. The molecule has 18 heavy (non-hydrogen) atoms. The van der Waals surface area contributed by atoms with E-state index in [1.165, 1.54) is 0 Å². The van der Waals surface area contributed by atoms with Crippen molar-refractivity contribution >= 4 is 33.3 Å². The van der Waals surface area contributed by atoms with Gasteiger partial charge in [-0.15, -0.1) is 0 Å². The van der Waals surface area contributed by atoms with Crippen LogP contribution in [-0.4, -0.2) is 12.1 Å². The van der Waals surface area contributed by atoms with Crippen LogP contribution in [0.5, 0.6) is 5.75 Å². The molecule has 0 unspecified atom stereocenters. The molecule has 0 saturated heterocycles. The summed E-state index contributed by atoms with van der Waals surface area (Å²) in [4.78, 5) is 4.26. The van der Waals surface area contributed by atoms with Crippen LogP contribution in [0.4, 0.5) is 17.3 Å². The van der Waals surface area contributed by atoms with Gasteiger partial charge in [-0.2, -0.15) is 0 Å². The van der Waals surface area contributed by atoms with Crippen LogP contribution >= 0.6 is 15.9 Å². The Balaban J connectivity index is 2.20. The largest absolute Gasteiger partial charge is 0.496 e. The number of anilines is 3. The molecule has 6 heteroatoms. The number of halogens is 1. The third-order valence-corrected chi connectivity index (χ3v) is 2.94. The standard InChI is InChI=1S/C12H13BrN4O/c1-18-10-6-5-8(7-9(10)13)15-11-3-2-4-12(16-11)17-14/h2-7H,14H2,1H3,(H2,15,16,17). The average Bonchev–Trinajstić information content (AvgIpc) is 2.39. The number of pyridine rings is 1. The molecule has 0 aliphatic carbocycles. The number of methoxy groups -OCH3 is 1. The van der Waals surface area contributed by atoms with Crippen molar-refractivity contribution in [3.63, 3.8) is 0 Å². The summed E-state index contributed by atoms with van der Waals surface area (Å²) in [5, 5.41) is 3.18.